The lowest BCUT2D eigenvalue weighted by Crippen LogP contribution is -2.57. The molecule has 0 aromatic carbocycles. The van der Waals surface area contributed by atoms with Crippen molar-refractivity contribution in [2.24, 2.45) is 0 Å². The number of amides is 1. The molecule has 112 valence electrons. The van der Waals surface area contributed by atoms with Crippen molar-refractivity contribution in [3.05, 3.63) is 10.2 Å². The van der Waals surface area contributed by atoms with Crippen LogP contribution in [-0.2, 0) is 4.74 Å². The summed E-state index contributed by atoms with van der Waals surface area (Å²) in [6.07, 6.45) is -0.981. The molecule has 1 N–H and O–H groups in total. The van der Waals surface area contributed by atoms with Crippen LogP contribution in [0.1, 0.15) is 19.6 Å². The van der Waals surface area contributed by atoms with Crippen molar-refractivity contribution in [3.8, 4) is 5.88 Å². The largest absolute Gasteiger partial charge is 0.472 e. The minimum atomic E-state index is -0.981. The van der Waals surface area contributed by atoms with Gasteiger partial charge in [-0.05, 0) is 41.9 Å². The van der Waals surface area contributed by atoms with Gasteiger partial charge < -0.3 is 19.1 Å². The van der Waals surface area contributed by atoms with Crippen LogP contribution in [0.25, 0.3) is 0 Å². The van der Waals surface area contributed by atoms with E-state index in [1.807, 2.05) is 13.8 Å². The van der Waals surface area contributed by atoms with E-state index in [2.05, 4.69) is 21.1 Å². The van der Waals surface area contributed by atoms with Crippen LogP contribution in [0.3, 0.4) is 0 Å². The van der Waals surface area contributed by atoms with Gasteiger partial charge in [0, 0.05) is 0 Å². The fourth-order valence-corrected chi connectivity index (χ4v) is 2.22. The zero-order valence-electron chi connectivity index (χ0n) is 11.6. The molecule has 8 heteroatoms. The van der Waals surface area contributed by atoms with Gasteiger partial charge in [-0.2, -0.15) is 0 Å². The van der Waals surface area contributed by atoms with Crippen molar-refractivity contribution < 1.29 is 23.9 Å². The van der Waals surface area contributed by atoms with Crippen LogP contribution in [0.2, 0.25) is 0 Å². The summed E-state index contributed by atoms with van der Waals surface area (Å²) in [4.78, 5) is 12.6. The maximum absolute atomic E-state index is 11.3. The lowest BCUT2D eigenvalue weighted by Gasteiger charge is -2.41. The molecule has 1 aromatic heterocycles. The lowest BCUT2D eigenvalue weighted by atomic mass is 10.1. The van der Waals surface area contributed by atoms with Gasteiger partial charge in [0.05, 0.1) is 24.8 Å². The van der Waals surface area contributed by atoms with E-state index >= 15 is 0 Å². The topological polar surface area (TPSA) is 85.0 Å². The number of hydrogen-bond donors (Lipinski definition) is 1. The van der Waals surface area contributed by atoms with Crippen molar-refractivity contribution in [1.82, 2.24) is 10.1 Å². The third-order valence-corrected chi connectivity index (χ3v) is 3.98. The van der Waals surface area contributed by atoms with Gasteiger partial charge in [-0.15, -0.1) is 0 Å². The average Bonchev–Trinajstić information content (AvgIpc) is 2.68. The molecule has 20 heavy (non-hydrogen) atoms. The lowest BCUT2D eigenvalue weighted by molar-refractivity contribution is -0.111. The maximum Gasteiger partial charge on any atom is 0.407 e. The van der Waals surface area contributed by atoms with E-state index in [4.69, 9.17) is 14.0 Å². The Morgan fingerprint density at radius 2 is 2.35 bits per heavy atom. The van der Waals surface area contributed by atoms with Crippen molar-refractivity contribution in [2.45, 2.75) is 32.4 Å². The predicted octanol–water partition coefficient (Wildman–Crippen LogP) is 2.28. The highest BCUT2D eigenvalue weighted by Gasteiger charge is 2.37. The van der Waals surface area contributed by atoms with Gasteiger partial charge in [0.2, 0.25) is 0 Å². The fraction of sp³-hybridized carbons (Fsp3) is 0.667. The van der Waals surface area contributed by atoms with Crippen molar-refractivity contribution >= 4 is 22.0 Å². The van der Waals surface area contributed by atoms with E-state index in [0.717, 1.165) is 0 Å². The Labute approximate surface area is 124 Å². The highest BCUT2D eigenvalue weighted by atomic mass is 79.9. The number of halogens is 1. The molecule has 0 bridgehead atoms. The number of hydrogen-bond acceptors (Lipinski definition) is 5. The molecule has 1 fully saturated rings. The zero-order chi connectivity index (χ0) is 14.9. The predicted molar refractivity (Wildman–Crippen MR) is 73.0 cm³/mol. The Morgan fingerprint density at radius 1 is 1.65 bits per heavy atom. The van der Waals surface area contributed by atoms with Gasteiger partial charge in [0.25, 0.3) is 5.88 Å². The Hall–Kier alpha value is -1.28. The van der Waals surface area contributed by atoms with Crippen LogP contribution < -0.4 is 4.74 Å². The standard InChI is InChI=1S/C12H17BrN2O5/c1-7-9(13)10(14-20-7)18-4-8-5-19-12(2,3)6-15(8)11(16)17/h8H,4-6H2,1-3H3,(H,16,17). The molecule has 0 spiro atoms. The van der Waals surface area contributed by atoms with Crippen molar-refractivity contribution in [1.29, 1.82) is 0 Å². The average molecular weight is 349 g/mol. The Morgan fingerprint density at radius 3 is 2.90 bits per heavy atom. The van der Waals surface area contributed by atoms with E-state index in [1.54, 1.807) is 6.92 Å². The molecule has 0 aliphatic carbocycles. The van der Waals surface area contributed by atoms with Crippen LogP contribution in [0.4, 0.5) is 4.79 Å². The number of morpholine rings is 1. The van der Waals surface area contributed by atoms with Crippen LogP contribution in [0, 0.1) is 6.92 Å². The molecule has 1 aliphatic rings. The molecular weight excluding hydrogens is 332 g/mol. The third kappa shape index (κ3) is 3.24. The molecule has 1 atom stereocenters. The molecule has 1 aromatic rings. The number of aryl methyl sites for hydroxylation is 1. The first-order valence-electron chi connectivity index (χ1n) is 6.18. The molecule has 1 saturated heterocycles. The van der Waals surface area contributed by atoms with Crippen LogP contribution in [0.5, 0.6) is 5.88 Å². The third-order valence-electron chi connectivity index (χ3n) is 3.08. The summed E-state index contributed by atoms with van der Waals surface area (Å²) in [5.41, 5.74) is -0.486. The first kappa shape index (κ1) is 15.1. The van der Waals surface area contributed by atoms with Gasteiger partial charge in [-0.3, -0.25) is 4.90 Å². The summed E-state index contributed by atoms with van der Waals surface area (Å²) in [5, 5.41) is 13.0. The monoisotopic (exact) mass is 348 g/mol. The van der Waals surface area contributed by atoms with E-state index in [1.165, 1.54) is 4.90 Å². The van der Waals surface area contributed by atoms with Gasteiger partial charge in [0.15, 0.2) is 5.76 Å². The first-order valence-corrected chi connectivity index (χ1v) is 6.97. The number of carbonyl (C=O) groups is 1. The van der Waals surface area contributed by atoms with Crippen molar-refractivity contribution in [3.63, 3.8) is 0 Å². The minimum Gasteiger partial charge on any atom is -0.472 e. The van der Waals surface area contributed by atoms with Gasteiger partial charge in [-0.1, -0.05) is 0 Å². The summed E-state index contributed by atoms with van der Waals surface area (Å²) in [5.74, 6) is 0.925. The highest BCUT2D eigenvalue weighted by molar-refractivity contribution is 9.10. The summed E-state index contributed by atoms with van der Waals surface area (Å²) < 4.78 is 16.7. The second-order valence-electron chi connectivity index (χ2n) is 5.30. The quantitative estimate of drug-likeness (QED) is 0.901. The summed E-state index contributed by atoms with van der Waals surface area (Å²) >= 11 is 3.29. The first-order chi connectivity index (χ1) is 9.30. The van der Waals surface area contributed by atoms with Gasteiger partial charge in [-0.25, -0.2) is 4.79 Å². The Kier molecular flexibility index (Phi) is 4.24. The number of rotatable bonds is 3. The van der Waals surface area contributed by atoms with Gasteiger partial charge in [0.1, 0.15) is 11.1 Å². The number of carboxylic acid groups (broad SMARTS) is 1. The van der Waals surface area contributed by atoms with Crippen LogP contribution in [0.15, 0.2) is 9.00 Å². The summed E-state index contributed by atoms with van der Waals surface area (Å²) in [7, 11) is 0. The smallest absolute Gasteiger partial charge is 0.407 e. The fourth-order valence-electron chi connectivity index (χ4n) is 1.96. The molecule has 1 aliphatic heterocycles. The van der Waals surface area contributed by atoms with E-state index in [9.17, 15) is 9.90 Å². The SMILES string of the molecule is Cc1onc(OCC2COC(C)(C)CN2C(=O)O)c1Br. The number of ether oxygens (including phenoxy) is 2. The summed E-state index contributed by atoms with van der Waals surface area (Å²) in [6, 6.07) is -0.371. The second kappa shape index (κ2) is 5.61. The molecule has 1 amide bonds. The minimum absolute atomic E-state index is 0.160. The molecule has 7 nitrogen and oxygen atoms in total. The van der Waals surface area contributed by atoms with Crippen LogP contribution >= 0.6 is 15.9 Å². The molecule has 2 rings (SSSR count). The Bertz CT molecular complexity index is 502. The number of nitrogens with zero attached hydrogens (tertiary/aromatic N) is 2. The second-order valence-corrected chi connectivity index (χ2v) is 6.10. The maximum atomic E-state index is 11.3. The Balaban J connectivity index is 2.01. The van der Waals surface area contributed by atoms with E-state index in [0.29, 0.717) is 22.7 Å². The summed E-state index contributed by atoms with van der Waals surface area (Å²) in [6.45, 7) is 6.21. The number of aromatic nitrogens is 1. The molecule has 0 radical (unpaired) electrons. The highest BCUT2D eigenvalue weighted by Crippen LogP contribution is 2.28. The molecule has 2 heterocycles. The zero-order valence-corrected chi connectivity index (χ0v) is 13.1. The van der Waals surface area contributed by atoms with E-state index in [-0.39, 0.29) is 19.3 Å². The molecule has 0 saturated carbocycles. The van der Waals surface area contributed by atoms with Crippen molar-refractivity contribution in [2.75, 3.05) is 19.8 Å². The normalized spacial score (nSPS) is 21.8. The molecular formula is C12H17BrN2O5. The van der Waals surface area contributed by atoms with Crippen LogP contribution in [-0.4, -0.2) is 52.7 Å². The van der Waals surface area contributed by atoms with E-state index < -0.39 is 11.7 Å². The van der Waals surface area contributed by atoms with Gasteiger partial charge >= 0.3 is 6.09 Å². The molecule has 1 unspecified atom stereocenters.